The molecule has 0 aliphatic heterocycles. The Kier molecular flexibility index (Phi) is 8.25. The maximum atomic E-state index is 13.7. The summed E-state index contributed by atoms with van der Waals surface area (Å²) in [5, 5.41) is 0. The molecule has 1 aromatic carbocycles. The summed E-state index contributed by atoms with van der Waals surface area (Å²) in [7, 11) is 3.32. The molecular formula is C14H22BrFN2O2. The van der Waals surface area contributed by atoms with Crippen LogP contribution in [0.15, 0.2) is 22.7 Å². The summed E-state index contributed by atoms with van der Waals surface area (Å²) >= 11 is 3.16. The summed E-state index contributed by atoms with van der Waals surface area (Å²) in [6.07, 6.45) is 0. The second-order valence-corrected chi connectivity index (χ2v) is 5.30. The molecule has 114 valence electrons. The fourth-order valence-corrected chi connectivity index (χ4v) is 2.30. The van der Waals surface area contributed by atoms with Crippen molar-refractivity contribution >= 4 is 15.9 Å². The van der Waals surface area contributed by atoms with Gasteiger partial charge < -0.3 is 15.2 Å². The molecule has 0 bridgehead atoms. The molecule has 0 radical (unpaired) electrons. The fourth-order valence-electron chi connectivity index (χ4n) is 2.06. The number of ether oxygens (including phenoxy) is 2. The first-order valence-electron chi connectivity index (χ1n) is 6.51. The lowest BCUT2D eigenvalue weighted by atomic mass is 10.1. The number of hydrogen-bond acceptors (Lipinski definition) is 4. The Morgan fingerprint density at radius 2 is 1.85 bits per heavy atom. The van der Waals surface area contributed by atoms with E-state index in [0.29, 0.717) is 24.2 Å². The van der Waals surface area contributed by atoms with E-state index in [1.807, 2.05) is 6.07 Å². The van der Waals surface area contributed by atoms with Crippen molar-refractivity contribution in [2.45, 2.75) is 6.04 Å². The van der Waals surface area contributed by atoms with Gasteiger partial charge in [0.25, 0.3) is 0 Å². The minimum Gasteiger partial charge on any atom is -0.383 e. The number of nitrogens with zero attached hydrogens (tertiary/aromatic N) is 1. The molecule has 0 aliphatic rings. The van der Waals surface area contributed by atoms with Crippen molar-refractivity contribution in [1.29, 1.82) is 0 Å². The molecule has 0 saturated heterocycles. The van der Waals surface area contributed by atoms with Crippen molar-refractivity contribution in [3.63, 3.8) is 0 Å². The highest BCUT2D eigenvalue weighted by molar-refractivity contribution is 9.10. The van der Waals surface area contributed by atoms with Crippen molar-refractivity contribution < 1.29 is 13.9 Å². The van der Waals surface area contributed by atoms with Crippen molar-refractivity contribution in [2.75, 3.05) is 47.1 Å². The summed E-state index contributed by atoms with van der Waals surface area (Å²) in [6, 6.07) is 5.06. The summed E-state index contributed by atoms with van der Waals surface area (Å²) in [5.74, 6) is -0.278. The Morgan fingerprint density at radius 3 is 2.30 bits per heavy atom. The van der Waals surface area contributed by atoms with Gasteiger partial charge in [0.2, 0.25) is 0 Å². The Labute approximate surface area is 128 Å². The van der Waals surface area contributed by atoms with Gasteiger partial charge in [-0.05, 0) is 33.6 Å². The normalized spacial score (nSPS) is 12.9. The molecule has 1 unspecified atom stereocenters. The van der Waals surface area contributed by atoms with Crippen molar-refractivity contribution in [2.24, 2.45) is 5.73 Å². The number of benzene rings is 1. The van der Waals surface area contributed by atoms with E-state index in [-0.39, 0.29) is 11.9 Å². The molecule has 0 aliphatic carbocycles. The van der Waals surface area contributed by atoms with Crippen LogP contribution in [0.3, 0.4) is 0 Å². The third kappa shape index (κ3) is 5.10. The number of nitrogens with two attached hydrogens (primary N) is 1. The summed E-state index contributed by atoms with van der Waals surface area (Å²) in [4.78, 5) is 2.15. The molecule has 0 fully saturated rings. The highest BCUT2D eigenvalue weighted by atomic mass is 79.9. The largest absolute Gasteiger partial charge is 0.383 e. The van der Waals surface area contributed by atoms with Crippen LogP contribution in [0, 0.1) is 5.82 Å². The molecule has 0 heterocycles. The molecule has 2 N–H and O–H groups in total. The van der Waals surface area contributed by atoms with Crippen LogP contribution in [-0.4, -0.2) is 52.0 Å². The molecule has 0 saturated carbocycles. The summed E-state index contributed by atoms with van der Waals surface area (Å²) in [5.41, 5.74) is 6.74. The Balaban J connectivity index is 2.88. The van der Waals surface area contributed by atoms with Gasteiger partial charge in [-0.3, -0.25) is 4.90 Å². The van der Waals surface area contributed by atoms with E-state index in [0.717, 1.165) is 18.7 Å². The predicted octanol–water partition coefficient (Wildman–Crippen LogP) is 2.18. The lowest BCUT2D eigenvalue weighted by molar-refractivity contribution is 0.0890. The SMILES string of the molecule is COCCN(CCOC)C(CN)c1ccc(Br)c(F)c1. The van der Waals surface area contributed by atoms with Gasteiger partial charge >= 0.3 is 0 Å². The van der Waals surface area contributed by atoms with Gasteiger partial charge in [-0.25, -0.2) is 4.39 Å². The fraction of sp³-hybridized carbons (Fsp3) is 0.571. The second-order valence-electron chi connectivity index (χ2n) is 4.45. The van der Waals surface area contributed by atoms with E-state index < -0.39 is 0 Å². The topological polar surface area (TPSA) is 47.7 Å². The Hall–Kier alpha value is -0.530. The zero-order chi connectivity index (χ0) is 15.0. The molecule has 0 spiro atoms. The minimum absolute atomic E-state index is 0.0529. The summed E-state index contributed by atoms with van der Waals surface area (Å²) in [6.45, 7) is 3.05. The van der Waals surface area contributed by atoms with Gasteiger partial charge in [-0.1, -0.05) is 6.07 Å². The van der Waals surface area contributed by atoms with Crippen molar-refractivity contribution in [3.05, 3.63) is 34.1 Å². The third-order valence-corrected chi connectivity index (χ3v) is 3.80. The van der Waals surface area contributed by atoms with Crippen LogP contribution >= 0.6 is 15.9 Å². The van der Waals surface area contributed by atoms with Crippen LogP contribution < -0.4 is 5.73 Å². The van der Waals surface area contributed by atoms with Crippen LogP contribution in [0.25, 0.3) is 0 Å². The highest BCUT2D eigenvalue weighted by Gasteiger charge is 2.19. The smallest absolute Gasteiger partial charge is 0.137 e. The van der Waals surface area contributed by atoms with E-state index in [4.69, 9.17) is 15.2 Å². The number of rotatable bonds is 9. The maximum absolute atomic E-state index is 13.7. The lowest BCUT2D eigenvalue weighted by Crippen LogP contribution is -2.38. The molecule has 6 heteroatoms. The molecule has 1 rings (SSSR count). The van der Waals surface area contributed by atoms with Crippen molar-refractivity contribution in [3.8, 4) is 0 Å². The van der Waals surface area contributed by atoms with Crippen LogP contribution in [-0.2, 0) is 9.47 Å². The highest BCUT2D eigenvalue weighted by Crippen LogP contribution is 2.24. The average Bonchev–Trinajstić information content (AvgIpc) is 2.45. The van der Waals surface area contributed by atoms with Gasteiger partial charge in [0.05, 0.1) is 17.7 Å². The van der Waals surface area contributed by atoms with Crippen molar-refractivity contribution in [1.82, 2.24) is 4.90 Å². The maximum Gasteiger partial charge on any atom is 0.137 e. The first-order chi connectivity index (χ1) is 9.63. The van der Waals surface area contributed by atoms with Crippen LogP contribution in [0.5, 0.6) is 0 Å². The number of hydrogen-bond donors (Lipinski definition) is 1. The predicted molar refractivity (Wildman–Crippen MR) is 81.2 cm³/mol. The molecule has 20 heavy (non-hydrogen) atoms. The molecule has 0 aromatic heterocycles. The minimum atomic E-state index is -0.278. The Bertz CT molecular complexity index is 399. The standard InChI is InChI=1S/C14H22BrFN2O2/c1-19-7-5-18(6-8-20-2)14(10-17)11-3-4-12(15)13(16)9-11/h3-4,9,14H,5-8,10,17H2,1-2H3. The van der Waals surface area contributed by atoms with E-state index in [2.05, 4.69) is 20.8 Å². The quantitative estimate of drug-likeness (QED) is 0.743. The van der Waals surface area contributed by atoms with Crippen LogP contribution in [0.2, 0.25) is 0 Å². The van der Waals surface area contributed by atoms with E-state index in [1.54, 1.807) is 20.3 Å². The number of halogens is 2. The van der Waals surface area contributed by atoms with Gasteiger partial charge in [0.15, 0.2) is 0 Å². The van der Waals surface area contributed by atoms with E-state index in [9.17, 15) is 4.39 Å². The van der Waals surface area contributed by atoms with E-state index in [1.165, 1.54) is 6.07 Å². The molecule has 1 aromatic rings. The van der Waals surface area contributed by atoms with Gasteiger partial charge in [-0.2, -0.15) is 0 Å². The summed E-state index contributed by atoms with van der Waals surface area (Å²) < 4.78 is 24.4. The first kappa shape index (κ1) is 17.5. The molecule has 4 nitrogen and oxygen atoms in total. The van der Waals surface area contributed by atoms with Crippen LogP contribution in [0.1, 0.15) is 11.6 Å². The average molecular weight is 349 g/mol. The van der Waals surface area contributed by atoms with E-state index >= 15 is 0 Å². The zero-order valence-electron chi connectivity index (χ0n) is 11.9. The molecule has 0 amide bonds. The second kappa shape index (κ2) is 9.41. The number of methoxy groups -OCH3 is 2. The molecule has 1 atom stereocenters. The van der Waals surface area contributed by atoms with Gasteiger partial charge in [0, 0.05) is 39.9 Å². The van der Waals surface area contributed by atoms with Gasteiger partial charge in [0.1, 0.15) is 5.82 Å². The lowest BCUT2D eigenvalue weighted by Gasteiger charge is -2.31. The first-order valence-corrected chi connectivity index (χ1v) is 7.30. The van der Waals surface area contributed by atoms with Crippen LogP contribution in [0.4, 0.5) is 4.39 Å². The zero-order valence-corrected chi connectivity index (χ0v) is 13.5. The molecular weight excluding hydrogens is 327 g/mol. The van der Waals surface area contributed by atoms with Gasteiger partial charge in [-0.15, -0.1) is 0 Å². The monoisotopic (exact) mass is 348 g/mol. The Morgan fingerprint density at radius 1 is 1.25 bits per heavy atom. The third-order valence-electron chi connectivity index (χ3n) is 3.16.